The van der Waals surface area contributed by atoms with Crippen LogP contribution in [0.2, 0.25) is 0 Å². The molecule has 2 unspecified atom stereocenters. The minimum absolute atomic E-state index is 0.216. The van der Waals surface area contributed by atoms with Crippen molar-refractivity contribution in [2.45, 2.75) is 45.3 Å². The van der Waals surface area contributed by atoms with E-state index < -0.39 is 5.60 Å². The molecule has 84 valence electrons. The highest BCUT2D eigenvalue weighted by molar-refractivity contribution is 4.86. The number of hydrogen-bond donors (Lipinski definition) is 2. The van der Waals surface area contributed by atoms with Crippen molar-refractivity contribution in [3.63, 3.8) is 0 Å². The first-order chi connectivity index (χ1) is 6.47. The molecule has 14 heavy (non-hydrogen) atoms. The smallest absolute Gasteiger partial charge is 0.0768 e. The molecule has 0 saturated carbocycles. The first kappa shape index (κ1) is 12.0. The highest BCUT2D eigenvalue weighted by atomic mass is 16.3. The van der Waals surface area contributed by atoms with E-state index in [0.717, 1.165) is 19.4 Å². The molecule has 1 aliphatic rings. The molecule has 0 radical (unpaired) electrons. The topological polar surface area (TPSA) is 43.7 Å². The van der Waals surface area contributed by atoms with E-state index in [4.69, 9.17) is 5.11 Å². The fourth-order valence-corrected chi connectivity index (χ4v) is 1.90. The molecule has 1 fully saturated rings. The molecule has 1 aliphatic heterocycles. The average molecular weight is 201 g/mol. The molecule has 0 bridgehead atoms. The Kier molecular flexibility index (Phi) is 3.93. The van der Waals surface area contributed by atoms with Crippen molar-refractivity contribution < 1.29 is 10.2 Å². The number of aliphatic hydroxyl groups is 2. The van der Waals surface area contributed by atoms with E-state index in [2.05, 4.69) is 4.90 Å². The Bertz CT molecular complexity index is 180. The molecule has 0 aliphatic carbocycles. The molecule has 0 aromatic carbocycles. The lowest BCUT2D eigenvalue weighted by molar-refractivity contribution is -0.0262. The van der Waals surface area contributed by atoms with Gasteiger partial charge in [-0.1, -0.05) is 13.8 Å². The molecule has 3 heteroatoms. The molecule has 2 N–H and O–H groups in total. The summed E-state index contributed by atoms with van der Waals surface area (Å²) in [5, 5.41) is 19.3. The van der Waals surface area contributed by atoms with Crippen molar-refractivity contribution in [2.75, 3.05) is 19.7 Å². The summed E-state index contributed by atoms with van der Waals surface area (Å²) in [6.07, 6.45) is 2.20. The average Bonchev–Trinajstić information content (AvgIpc) is 2.50. The van der Waals surface area contributed by atoms with Gasteiger partial charge in [-0.15, -0.1) is 0 Å². The second-order valence-electron chi connectivity index (χ2n) is 4.96. The molecule has 0 amide bonds. The number of hydrogen-bond acceptors (Lipinski definition) is 3. The third-order valence-electron chi connectivity index (χ3n) is 3.48. The molecule has 0 spiro atoms. The zero-order valence-corrected chi connectivity index (χ0v) is 9.53. The van der Waals surface area contributed by atoms with Gasteiger partial charge >= 0.3 is 0 Å². The summed E-state index contributed by atoms with van der Waals surface area (Å²) in [6, 6.07) is 0.264. The van der Waals surface area contributed by atoms with E-state index in [9.17, 15) is 5.11 Å². The fraction of sp³-hybridized carbons (Fsp3) is 1.00. The van der Waals surface area contributed by atoms with Crippen LogP contribution in [-0.4, -0.2) is 46.5 Å². The quantitative estimate of drug-likeness (QED) is 0.708. The van der Waals surface area contributed by atoms with Crippen LogP contribution in [0.4, 0.5) is 0 Å². The third kappa shape index (κ3) is 2.69. The van der Waals surface area contributed by atoms with Gasteiger partial charge in [0.15, 0.2) is 0 Å². The summed E-state index contributed by atoms with van der Waals surface area (Å²) in [5.41, 5.74) is -0.641. The minimum Gasteiger partial charge on any atom is -0.395 e. The Morgan fingerprint density at radius 2 is 2.14 bits per heavy atom. The van der Waals surface area contributed by atoms with Gasteiger partial charge < -0.3 is 10.2 Å². The molecule has 1 heterocycles. The van der Waals surface area contributed by atoms with Crippen molar-refractivity contribution in [1.29, 1.82) is 0 Å². The number of nitrogens with zero attached hydrogens (tertiary/aromatic N) is 1. The molecule has 0 aromatic rings. The van der Waals surface area contributed by atoms with Gasteiger partial charge in [0.05, 0.1) is 12.2 Å². The van der Waals surface area contributed by atoms with Gasteiger partial charge in [-0.2, -0.15) is 0 Å². The van der Waals surface area contributed by atoms with E-state index in [1.807, 2.05) is 20.8 Å². The summed E-state index contributed by atoms with van der Waals surface area (Å²) in [4.78, 5) is 2.21. The number of β-amino-alcohol motifs (C(OH)–C–C–N with tert-alkyl or cyclic N) is 1. The molecule has 0 aromatic heterocycles. The standard InChI is InChI=1S/C11H23NO2/c1-9(2)11(3,14)8-12-6-4-5-10(12)7-13/h9-10,13-14H,4-8H2,1-3H3. The maximum Gasteiger partial charge on any atom is 0.0768 e. The molecule has 2 atom stereocenters. The maximum absolute atomic E-state index is 10.1. The van der Waals surface area contributed by atoms with Crippen molar-refractivity contribution >= 4 is 0 Å². The lowest BCUT2D eigenvalue weighted by Gasteiger charge is -2.34. The molecule has 3 nitrogen and oxygen atoms in total. The van der Waals surface area contributed by atoms with Crippen molar-refractivity contribution in [3.05, 3.63) is 0 Å². The van der Waals surface area contributed by atoms with Crippen LogP contribution in [0, 0.1) is 5.92 Å². The Balaban J connectivity index is 2.50. The predicted octanol–water partition coefficient (Wildman–Crippen LogP) is 0.850. The van der Waals surface area contributed by atoms with Gasteiger partial charge in [-0.25, -0.2) is 0 Å². The van der Waals surface area contributed by atoms with Crippen LogP contribution in [0.25, 0.3) is 0 Å². The summed E-state index contributed by atoms with van der Waals surface area (Å²) in [6.45, 7) is 7.84. The Labute approximate surface area is 86.7 Å². The van der Waals surface area contributed by atoms with Gasteiger partial charge in [0.1, 0.15) is 0 Å². The summed E-state index contributed by atoms with van der Waals surface area (Å²) >= 11 is 0. The van der Waals surface area contributed by atoms with E-state index >= 15 is 0 Å². The van der Waals surface area contributed by atoms with E-state index in [0.29, 0.717) is 6.54 Å². The van der Waals surface area contributed by atoms with Crippen LogP contribution in [0.15, 0.2) is 0 Å². The SMILES string of the molecule is CC(C)C(C)(O)CN1CCCC1CO. The van der Waals surface area contributed by atoms with Crippen LogP contribution in [0.1, 0.15) is 33.6 Å². The zero-order valence-electron chi connectivity index (χ0n) is 9.53. The molecular weight excluding hydrogens is 178 g/mol. The van der Waals surface area contributed by atoms with Crippen LogP contribution >= 0.6 is 0 Å². The van der Waals surface area contributed by atoms with Crippen LogP contribution in [0.5, 0.6) is 0 Å². The minimum atomic E-state index is -0.641. The summed E-state index contributed by atoms with van der Waals surface area (Å²) in [7, 11) is 0. The third-order valence-corrected chi connectivity index (χ3v) is 3.48. The number of likely N-dealkylation sites (tertiary alicyclic amines) is 1. The molecule has 1 saturated heterocycles. The number of aliphatic hydroxyl groups excluding tert-OH is 1. The van der Waals surface area contributed by atoms with Crippen LogP contribution < -0.4 is 0 Å². The van der Waals surface area contributed by atoms with Gasteiger partial charge in [0, 0.05) is 12.6 Å². The maximum atomic E-state index is 10.1. The van der Waals surface area contributed by atoms with E-state index in [1.165, 1.54) is 0 Å². The Hall–Kier alpha value is -0.120. The monoisotopic (exact) mass is 201 g/mol. The molecular formula is C11H23NO2. The van der Waals surface area contributed by atoms with Crippen LogP contribution in [0.3, 0.4) is 0 Å². The first-order valence-electron chi connectivity index (χ1n) is 5.54. The zero-order chi connectivity index (χ0) is 10.8. The highest BCUT2D eigenvalue weighted by Crippen LogP contribution is 2.23. The summed E-state index contributed by atoms with van der Waals surface area (Å²) in [5.74, 6) is 0.252. The normalized spacial score (nSPS) is 28.3. The van der Waals surface area contributed by atoms with Crippen molar-refractivity contribution in [1.82, 2.24) is 4.90 Å². The van der Waals surface area contributed by atoms with Crippen LogP contribution in [-0.2, 0) is 0 Å². The molecule has 1 rings (SSSR count). The predicted molar refractivity (Wildman–Crippen MR) is 57.1 cm³/mol. The van der Waals surface area contributed by atoms with E-state index in [1.54, 1.807) is 0 Å². The lowest BCUT2D eigenvalue weighted by Crippen LogP contribution is -2.47. The van der Waals surface area contributed by atoms with Gasteiger partial charge in [0.25, 0.3) is 0 Å². The van der Waals surface area contributed by atoms with E-state index in [-0.39, 0.29) is 18.6 Å². The van der Waals surface area contributed by atoms with Crippen molar-refractivity contribution in [3.8, 4) is 0 Å². The number of rotatable bonds is 4. The lowest BCUT2D eigenvalue weighted by atomic mass is 9.92. The Morgan fingerprint density at radius 1 is 1.50 bits per heavy atom. The summed E-state index contributed by atoms with van der Waals surface area (Å²) < 4.78 is 0. The van der Waals surface area contributed by atoms with Crippen molar-refractivity contribution in [2.24, 2.45) is 5.92 Å². The fourth-order valence-electron chi connectivity index (χ4n) is 1.90. The second kappa shape index (κ2) is 4.60. The van der Waals surface area contributed by atoms with Gasteiger partial charge in [-0.3, -0.25) is 4.90 Å². The second-order valence-corrected chi connectivity index (χ2v) is 4.96. The van der Waals surface area contributed by atoms with Gasteiger partial charge in [-0.05, 0) is 32.2 Å². The largest absolute Gasteiger partial charge is 0.395 e. The Morgan fingerprint density at radius 3 is 2.64 bits per heavy atom. The first-order valence-corrected chi connectivity index (χ1v) is 5.54. The highest BCUT2D eigenvalue weighted by Gasteiger charge is 2.32. The van der Waals surface area contributed by atoms with Gasteiger partial charge in [0.2, 0.25) is 0 Å².